The van der Waals surface area contributed by atoms with Gasteiger partial charge in [-0.05, 0) is 6.07 Å². The number of hydrogen-bond donors (Lipinski definition) is 0. The number of pyridine rings is 1. The van der Waals surface area contributed by atoms with Crippen LogP contribution in [0.25, 0.3) is 0 Å². The highest BCUT2D eigenvalue weighted by atomic mass is 35.5. The summed E-state index contributed by atoms with van der Waals surface area (Å²) in [6.45, 7) is 0. The van der Waals surface area contributed by atoms with Gasteiger partial charge in [0.25, 0.3) is 0 Å². The van der Waals surface area contributed by atoms with Crippen LogP contribution in [-0.4, -0.2) is 10.6 Å². The lowest BCUT2D eigenvalue weighted by atomic mass is 10.5. The Morgan fingerprint density at radius 3 is 2.64 bits per heavy atom. The second-order valence-electron chi connectivity index (χ2n) is 1.72. The summed E-state index contributed by atoms with van der Waals surface area (Å²) in [4.78, 5) is 3.48. The smallest absolute Gasteiger partial charge is 0.402 e. The quantitative estimate of drug-likeness (QED) is 0.650. The molecule has 0 saturated heterocycles. The molecular formula is C6H4ClF2NO. The van der Waals surface area contributed by atoms with Gasteiger partial charge >= 0.3 is 5.57 Å². The highest BCUT2D eigenvalue weighted by molar-refractivity contribution is 6.20. The van der Waals surface area contributed by atoms with E-state index >= 15 is 0 Å². The molecule has 0 bridgehead atoms. The van der Waals surface area contributed by atoms with Crippen LogP contribution >= 0.6 is 11.6 Å². The van der Waals surface area contributed by atoms with E-state index < -0.39 is 5.57 Å². The minimum Gasteiger partial charge on any atom is -0.402 e. The van der Waals surface area contributed by atoms with Gasteiger partial charge in [-0.3, -0.25) is 0 Å². The van der Waals surface area contributed by atoms with Crippen molar-refractivity contribution in [3.05, 3.63) is 24.4 Å². The third kappa shape index (κ3) is 3.13. The van der Waals surface area contributed by atoms with E-state index in [-0.39, 0.29) is 5.88 Å². The molecule has 2 nitrogen and oxygen atoms in total. The molecule has 5 heteroatoms. The molecule has 1 heterocycles. The second-order valence-corrected chi connectivity index (χ2v) is 2.16. The van der Waals surface area contributed by atoms with Crippen molar-refractivity contribution < 1.29 is 13.5 Å². The van der Waals surface area contributed by atoms with Crippen molar-refractivity contribution in [1.82, 2.24) is 4.98 Å². The highest BCUT2D eigenvalue weighted by Gasteiger charge is 2.27. The molecule has 0 spiro atoms. The van der Waals surface area contributed by atoms with E-state index in [9.17, 15) is 8.78 Å². The summed E-state index contributed by atoms with van der Waals surface area (Å²) in [5, 5.41) is 0. The van der Waals surface area contributed by atoms with Crippen LogP contribution in [0, 0.1) is 0 Å². The first kappa shape index (κ1) is 8.20. The molecule has 11 heavy (non-hydrogen) atoms. The van der Waals surface area contributed by atoms with Crippen LogP contribution in [0.3, 0.4) is 0 Å². The Morgan fingerprint density at radius 1 is 1.45 bits per heavy atom. The summed E-state index contributed by atoms with van der Waals surface area (Å²) in [7, 11) is 0. The maximum Gasteiger partial charge on any atom is 0.488 e. The van der Waals surface area contributed by atoms with E-state index in [1.54, 1.807) is 6.07 Å². The van der Waals surface area contributed by atoms with Crippen molar-refractivity contribution in [2.75, 3.05) is 0 Å². The first-order chi connectivity index (χ1) is 5.08. The van der Waals surface area contributed by atoms with Crippen molar-refractivity contribution in [1.29, 1.82) is 0 Å². The summed E-state index contributed by atoms with van der Waals surface area (Å²) in [6, 6.07) is 4.39. The largest absolute Gasteiger partial charge is 0.488 e. The Morgan fingerprint density at radius 2 is 2.18 bits per heavy atom. The SMILES string of the molecule is FC(F)(Cl)Oc1ccccn1. The third-order valence-corrected chi connectivity index (χ3v) is 0.935. The fraction of sp³-hybridized carbons (Fsp3) is 0.167. The van der Waals surface area contributed by atoms with Crippen molar-refractivity contribution in [3.8, 4) is 5.88 Å². The lowest BCUT2D eigenvalue weighted by Gasteiger charge is -2.07. The average Bonchev–Trinajstić information content (AvgIpc) is 1.85. The summed E-state index contributed by atoms with van der Waals surface area (Å²) >= 11 is 4.47. The van der Waals surface area contributed by atoms with E-state index in [4.69, 9.17) is 0 Å². The van der Waals surface area contributed by atoms with Crippen LogP contribution in [0.5, 0.6) is 5.88 Å². The van der Waals surface area contributed by atoms with Gasteiger partial charge in [0.2, 0.25) is 5.88 Å². The maximum atomic E-state index is 11.9. The summed E-state index contributed by atoms with van der Waals surface area (Å²) in [5.74, 6) is -0.201. The van der Waals surface area contributed by atoms with Gasteiger partial charge in [0.1, 0.15) is 0 Å². The molecule has 0 N–H and O–H groups in total. The standard InChI is InChI=1S/C6H4ClF2NO/c7-6(8,9)11-5-3-1-2-4-10-5/h1-4H. The van der Waals surface area contributed by atoms with Crippen LogP contribution in [0.1, 0.15) is 0 Å². The number of nitrogens with zero attached hydrogens (tertiary/aromatic N) is 1. The number of alkyl halides is 3. The molecular weight excluding hydrogens is 176 g/mol. The minimum absolute atomic E-state index is 0.201. The van der Waals surface area contributed by atoms with Crippen LogP contribution in [-0.2, 0) is 0 Å². The number of aromatic nitrogens is 1. The molecule has 0 fully saturated rings. The predicted octanol–water partition coefficient (Wildman–Crippen LogP) is 2.25. The first-order valence-electron chi connectivity index (χ1n) is 2.75. The average molecular weight is 180 g/mol. The van der Waals surface area contributed by atoms with E-state index in [0.29, 0.717) is 0 Å². The Hall–Kier alpha value is -0.900. The van der Waals surface area contributed by atoms with Gasteiger partial charge in [-0.2, -0.15) is 0 Å². The maximum absolute atomic E-state index is 11.9. The Labute approximate surface area is 66.8 Å². The monoisotopic (exact) mass is 179 g/mol. The fourth-order valence-corrected chi connectivity index (χ4v) is 0.605. The zero-order chi connectivity index (χ0) is 8.32. The number of hydrogen-bond acceptors (Lipinski definition) is 2. The zero-order valence-electron chi connectivity index (χ0n) is 5.30. The molecule has 0 saturated carbocycles. The number of ether oxygens (including phenoxy) is 1. The molecule has 1 aromatic heterocycles. The Balaban J connectivity index is 2.66. The first-order valence-corrected chi connectivity index (χ1v) is 3.12. The molecule has 0 aliphatic rings. The van der Waals surface area contributed by atoms with Crippen molar-refractivity contribution in [3.63, 3.8) is 0 Å². The van der Waals surface area contributed by atoms with Crippen LogP contribution in [0.2, 0.25) is 0 Å². The summed E-state index contributed by atoms with van der Waals surface area (Å²) in [6.07, 6.45) is 1.33. The topological polar surface area (TPSA) is 22.1 Å². The minimum atomic E-state index is -3.69. The summed E-state index contributed by atoms with van der Waals surface area (Å²) < 4.78 is 27.7. The Bertz CT molecular complexity index is 224. The number of halogens is 3. The van der Waals surface area contributed by atoms with Gasteiger partial charge in [0.15, 0.2) is 0 Å². The molecule has 1 rings (SSSR count). The van der Waals surface area contributed by atoms with Gasteiger partial charge in [0.05, 0.1) is 0 Å². The molecule has 0 amide bonds. The predicted molar refractivity (Wildman–Crippen MR) is 35.7 cm³/mol. The van der Waals surface area contributed by atoms with Crippen molar-refractivity contribution in [2.24, 2.45) is 0 Å². The number of rotatable bonds is 2. The van der Waals surface area contributed by atoms with Crippen LogP contribution in [0.4, 0.5) is 8.78 Å². The van der Waals surface area contributed by atoms with Gasteiger partial charge in [-0.1, -0.05) is 6.07 Å². The van der Waals surface area contributed by atoms with Crippen molar-refractivity contribution >= 4 is 11.6 Å². The fourth-order valence-electron chi connectivity index (χ4n) is 0.526. The van der Waals surface area contributed by atoms with Crippen molar-refractivity contribution in [2.45, 2.75) is 5.57 Å². The van der Waals surface area contributed by atoms with Gasteiger partial charge in [0, 0.05) is 23.9 Å². The van der Waals surface area contributed by atoms with E-state index in [1.807, 2.05) is 0 Å². The second kappa shape index (κ2) is 3.00. The molecule has 0 aromatic carbocycles. The summed E-state index contributed by atoms with van der Waals surface area (Å²) in [5.41, 5.74) is -3.69. The van der Waals surface area contributed by atoms with E-state index in [2.05, 4.69) is 21.3 Å². The molecule has 0 radical (unpaired) electrons. The van der Waals surface area contributed by atoms with Crippen LogP contribution in [0.15, 0.2) is 24.4 Å². The van der Waals surface area contributed by atoms with E-state index in [0.717, 1.165) is 0 Å². The highest BCUT2D eigenvalue weighted by Crippen LogP contribution is 2.22. The van der Waals surface area contributed by atoms with Gasteiger partial charge < -0.3 is 4.74 Å². The molecule has 0 aliphatic carbocycles. The van der Waals surface area contributed by atoms with Gasteiger partial charge in [-0.25, -0.2) is 4.98 Å². The normalized spacial score (nSPS) is 11.2. The molecule has 60 valence electrons. The molecule has 1 aromatic rings. The molecule has 0 aliphatic heterocycles. The zero-order valence-corrected chi connectivity index (χ0v) is 6.05. The lowest BCUT2D eigenvalue weighted by molar-refractivity contribution is -0.0991. The molecule has 0 unspecified atom stereocenters. The lowest BCUT2D eigenvalue weighted by Crippen LogP contribution is -2.16. The molecule has 0 atom stereocenters. The Kier molecular flexibility index (Phi) is 2.24. The van der Waals surface area contributed by atoms with E-state index in [1.165, 1.54) is 18.3 Å². The van der Waals surface area contributed by atoms with Gasteiger partial charge in [-0.15, -0.1) is 8.78 Å². The third-order valence-electron chi connectivity index (χ3n) is 0.858. The van der Waals surface area contributed by atoms with Crippen LogP contribution < -0.4 is 4.74 Å².